The van der Waals surface area contributed by atoms with E-state index in [1.165, 1.54) is 44.1 Å². The molecule has 0 aromatic carbocycles. The third kappa shape index (κ3) is 2.54. The van der Waals surface area contributed by atoms with Crippen LogP contribution in [0.4, 0.5) is 0 Å². The first-order valence-corrected chi connectivity index (χ1v) is 7.65. The molecule has 2 aliphatic carbocycles. The summed E-state index contributed by atoms with van der Waals surface area (Å²) in [6.45, 7) is 0.899. The van der Waals surface area contributed by atoms with Crippen LogP contribution in [0.1, 0.15) is 64.2 Å². The number of allylic oxidation sites excluding steroid dienone is 2. The van der Waals surface area contributed by atoms with Crippen LogP contribution in [0.15, 0.2) is 11.6 Å². The smallest absolute Gasteiger partial charge is 0.155 e. The van der Waals surface area contributed by atoms with Gasteiger partial charge in [-0.05, 0) is 50.5 Å². The van der Waals surface area contributed by atoms with Gasteiger partial charge in [0.25, 0.3) is 0 Å². The SMILES string of the molecule is O=C1C=C(C2CCOC3(CCCCC3)C2)CCC1. The van der Waals surface area contributed by atoms with Gasteiger partial charge in [0, 0.05) is 13.0 Å². The van der Waals surface area contributed by atoms with E-state index in [0.29, 0.717) is 11.7 Å². The van der Waals surface area contributed by atoms with Gasteiger partial charge in [-0.15, -0.1) is 0 Å². The first kappa shape index (κ1) is 12.4. The maximum atomic E-state index is 11.6. The summed E-state index contributed by atoms with van der Waals surface area (Å²) in [5, 5.41) is 0. The lowest BCUT2D eigenvalue weighted by Crippen LogP contribution is -2.42. The molecule has 0 aromatic rings. The zero-order valence-corrected chi connectivity index (χ0v) is 11.2. The van der Waals surface area contributed by atoms with Crippen LogP contribution >= 0.6 is 0 Å². The molecule has 1 aliphatic heterocycles. The van der Waals surface area contributed by atoms with Gasteiger partial charge in [0.1, 0.15) is 0 Å². The number of ketones is 1. The van der Waals surface area contributed by atoms with E-state index in [1.54, 1.807) is 0 Å². The maximum Gasteiger partial charge on any atom is 0.155 e. The Kier molecular flexibility index (Phi) is 3.56. The molecule has 0 amide bonds. The van der Waals surface area contributed by atoms with E-state index < -0.39 is 0 Å². The van der Waals surface area contributed by atoms with Gasteiger partial charge in [0.05, 0.1) is 5.60 Å². The molecule has 3 aliphatic rings. The molecule has 0 N–H and O–H groups in total. The maximum absolute atomic E-state index is 11.6. The van der Waals surface area contributed by atoms with Crippen molar-refractivity contribution in [2.24, 2.45) is 5.92 Å². The summed E-state index contributed by atoms with van der Waals surface area (Å²) >= 11 is 0. The average Bonchev–Trinajstić information content (AvgIpc) is 2.40. The van der Waals surface area contributed by atoms with Crippen molar-refractivity contribution in [1.29, 1.82) is 0 Å². The Hall–Kier alpha value is -0.630. The Morgan fingerprint density at radius 3 is 2.72 bits per heavy atom. The van der Waals surface area contributed by atoms with Crippen LogP contribution in [0.5, 0.6) is 0 Å². The Balaban J connectivity index is 1.71. The highest BCUT2D eigenvalue weighted by Gasteiger charge is 2.39. The first-order valence-electron chi connectivity index (χ1n) is 7.65. The summed E-state index contributed by atoms with van der Waals surface area (Å²) in [6, 6.07) is 0. The Labute approximate surface area is 110 Å². The summed E-state index contributed by atoms with van der Waals surface area (Å²) in [5.74, 6) is 0.974. The second-order valence-electron chi connectivity index (χ2n) is 6.32. The fourth-order valence-electron chi connectivity index (χ4n) is 4.03. The van der Waals surface area contributed by atoms with Crippen LogP contribution in [-0.4, -0.2) is 18.0 Å². The van der Waals surface area contributed by atoms with E-state index >= 15 is 0 Å². The zero-order valence-electron chi connectivity index (χ0n) is 11.2. The van der Waals surface area contributed by atoms with Crippen molar-refractivity contribution in [3.63, 3.8) is 0 Å². The van der Waals surface area contributed by atoms with Crippen molar-refractivity contribution in [3.05, 3.63) is 11.6 Å². The number of hydrogen-bond acceptors (Lipinski definition) is 2. The molecular weight excluding hydrogens is 224 g/mol. The average molecular weight is 248 g/mol. The van der Waals surface area contributed by atoms with E-state index in [4.69, 9.17) is 4.74 Å². The molecule has 100 valence electrons. The second kappa shape index (κ2) is 5.16. The summed E-state index contributed by atoms with van der Waals surface area (Å²) in [4.78, 5) is 11.6. The predicted molar refractivity (Wildman–Crippen MR) is 71.4 cm³/mol. The van der Waals surface area contributed by atoms with Gasteiger partial charge < -0.3 is 4.74 Å². The molecule has 2 nitrogen and oxygen atoms in total. The highest BCUT2D eigenvalue weighted by atomic mass is 16.5. The topological polar surface area (TPSA) is 26.3 Å². The molecule has 0 radical (unpaired) electrons. The van der Waals surface area contributed by atoms with Crippen molar-refractivity contribution in [2.75, 3.05) is 6.61 Å². The molecule has 0 aromatic heterocycles. The molecule has 2 heteroatoms. The minimum atomic E-state index is 0.169. The largest absolute Gasteiger partial charge is 0.375 e. The van der Waals surface area contributed by atoms with Gasteiger partial charge in [0.2, 0.25) is 0 Å². The van der Waals surface area contributed by atoms with E-state index in [0.717, 1.165) is 32.3 Å². The van der Waals surface area contributed by atoms with Gasteiger partial charge in [-0.1, -0.05) is 24.8 Å². The zero-order chi connectivity index (χ0) is 12.4. The standard InChI is InChI=1S/C16H24O2/c17-15-6-4-5-13(11-15)14-7-10-18-16(12-14)8-2-1-3-9-16/h11,14H,1-10,12H2. The third-order valence-electron chi connectivity index (χ3n) is 5.02. The Morgan fingerprint density at radius 2 is 1.94 bits per heavy atom. The molecule has 2 fully saturated rings. The lowest BCUT2D eigenvalue weighted by atomic mass is 9.72. The minimum Gasteiger partial charge on any atom is -0.375 e. The molecule has 1 spiro atoms. The van der Waals surface area contributed by atoms with Crippen LogP contribution in [0.3, 0.4) is 0 Å². The van der Waals surface area contributed by atoms with Crippen LogP contribution in [0.2, 0.25) is 0 Å². The van der Waals surface area contributed by atoms with Gasteiger partial charge in [0.15, 0.2) is 5.78 Å². The molecule has 1 saturated heterocycles. The van der Waals surface area contributed by atoms with E-state index in [1.807, 2.05) is 6.08 Å². The van der Waals surface area contributed by atoms with Crippen molar-refractivity contribution in [2.45, 2.75) is 69.8 Å². The predicted octanol–water partition coefficient (Wildman–Crippen LogP) is 3.80. The van der Waals surface area contributed by atoms with Crippen molar-refractivity contribution < 1.29 is 9.53 Å². The lowest BCUT2D eigenvalue weighted by molar-refractivity contribution is -0.117. The quantitative estimate of drug-likeness (QED) is 0.705. The third-order valence-corrected chi connectivity index (χ3v) is 5.02. The Bertz CT molecular complexity index is 345. The summed E-state index contributed by atoms with van der Waals surface area (Å²) in [6.07, 6.45) is 13.7. The van der Waals surface area contributed by atoms with E-state index in [2.05, 4.69) is 0 Å². The molecule has 1 unspecified atom stereocenters. The van der Waals surface area contributed by atoms with Crippen LogP contribution in [-0.2, 0) is 9.53 Å². The van der Waals surface area contributed by atoms with Crippen molar-refractivity contribution >= 4 is 5.78 Å². The highest BCUT2D eigenvalue weighted by Crippen LogP contribution is 2.43. The molecule has 1 heterocycles. The van der Waals surface area contributed by atoms with E-state index in [-0.39, 0.29) is 5.60 Å². The fraction of sp³-hybridized carbons (Fsp3) is 0.812. The van der Waals surface area contributed by atoms with E-state index in [9.17, 15) is 4.79 Å². The lowest BCUT2D eigenvalue weighted by Gasteiger charge is -2.44. The molecule has 18 heavy (non-hydrogen) atoms. The van der Waals surface area contributed by atoms with Crippen molar-refractivity contribution in [3.8, 4) is 0 Å². The number of hydrogen-bond donors (Lipinski definition) is 0. The normalized spacial score (nSPS) is 32.3. The number of carbonyl (C=O) groups is 1. The van der Waals surface area contributed by atoms with Crippen LogP contribution in [0, 0.1) is 5.92 Å². The van der Waals surface area contributed by atoms with Crippen LogP contribution in [0.25, 0.3) is 0 Å². The number of ether oxygens (including phenoxy) is 1. The number of carbonyl (C=O) groups excluding carboxylic acids is 1. The highest BCUT2D eigenvalue weighted by molar-refractivity contribution is 5.91. The monoisotopic (exact) mass is 248 g/mol. The molecular formula is C16H24O2. The summed E-state index contributed by atoms with van der Waals surface area (Å²) in [5.41, 5.74) is 1.60. The number of rotatable bonds is 1. The summed E-state index contributed by atoms with van der Waals surface area (Å²) < 4.78 is 6.14. The van der Waals surface area contributed by atoms with Gasteiger partial charge in [-0.3, -0.25) is 4.79 Å². The molecule has 3 rings (SSSR count). The summed E-state index contributed by atoms with van der Waals surface area (Å²) in [7, 11) is 0. The Morgan fingerprint density at radius 1 is 1.11 bits per heavy atom. The van der Waals surface area contributed by atoms with Gasteiger partial charge >= 0.3 is 0 Å². The first-order chi connectivity index (χ1) is 8.77. The van der Waals surface area contributed by atoms with Crippen LogP contribution < -0.4 is 0 Å². The van der Waals surface area contributed by atoms with Gasteiger partial charge in [-0.25, -0.2) is 0 Å². The molecule has 1 atom stereocenters. The fourth-order valence-corrected chi connectivity index (χ4v) is 4.03. The second-order valence-corrected chi connectivity index (χ2v) is 6.32. The molecule has 0 bridgehead atoms. The van der Waals surface area contributed by atoms with Crippen molar-refractivity contribution in [1.82, 2.24) is 0 Å². The molecule has 1 saturated carbocycles. The minimum absolute atomic E-state index is 0.169. The van der Waals surface area contributed by atoms with Gasteiger partial charge in [-0.2, -0.15) is 0 Å².